The van der Waals surface area contributed by atoms with Gasteiger partial charge in [-0.3, -0.25) is 4.57 Å². The predicted molar refractivity (Wildman–Crippen MR) is 142 cm³/mol. The number of hydrogen-bond acceptors (Lipinski definition) is 5. The molecule has 34 heavy (non-hydrogen) atoms. The van der Waals surface area contributed by atoms with Crippen molar-refractivity contribution in [3.05, 3.63) is 102 Å². The SMILES string of the molecule is O=c1nc(-c2ccc(Cl)cc2)c2c3c(sc2n1Cc1cnc(Cl)s1)CC(c1ccccc1)CC3. The summed E-state index contributed by atoms with van der Waals surface area (Å²) in [5.41, 5.74) is 4.08. The number of thiophene rings is 1. The molecule has 0 amide bonds. The van der Waals surface area contributed by atoms with E-state index < -0.39 is 0 Å². The van der Waals surface area contributed by atoms with E-state index in [2.05, 4.69) is 40.3 Å². The Kier molecular flexibility index (Phi) is 5.77. The van der Waals surface area contributed by atoms with Gasteiger partial charge in [0.15, 0.2) is 4.47 Å². The second kappa shape index (κ2) is 8.93. The molecule has 3 aromatic heterocycles. The maximum absolute atomic E-state index is 13.3. The molecule has 0 saturated heterocycles. The largest absolute Gasteiger partial charge is 0.349 e. The molecule has 4 nitrogen and oxygen atoms in total. The minimum atomic E-state index is -0.264. The fraction of sp³-hybridized carbons (Fsp3) is 0.192. The van der Waals surface area contributed by atoms with E-state index in [1.807, 2.05) is 24.3 Å². The van der Waals surface area contributed by atoms with Crippen LogP contribution in [0.3, 0.4) is 0 Å². The number of aryl methyl sites for hydroxylation is 1. The molecule has 170 valence electrons. The minimum Gasteiger partial charge on any atom is -0.278 e. The molecule has 3 heterocycles. The fourth-order valence-electron chi connectivity index (χ4n) is 4.78. The summed E-state index contributed by atoms with van der Waals surface area (Å²) in [5, 5.41) is 1.75. The molecule has 0 fully saturated rings. The highest BCUT2D eigenvalue weighted by Crippen LogP contribution is 2.43. The number of aromatic nitrogens is 3. The van der Waals surface area contributed by atoms with Gasteiger partial charge in [-0.05, 0) is 48.4 Å². The van der Waals surface area contributed by atoms with Crippen LogP contribution in [-0.4, -0.2) is 14.5 Å². The van der Waals surface area contributed by atoms with Gasteiger partial charge in [0.1, 0.15) is 4.83 Å². The summed E-state index contributed by atoms with van der Waals surface area (Å²) in [6.07, 6.45) is 4.74. The van der Waals surface area contributed by atoms with Gasteiger partial charge in [0, 0.05) is 31.9 Å². The fourth-order valence-corrected chi connectivity index (χ4v) is 7.30. The van der Waals surface area contributed by atoms with Gasteiger partial charge in [-0.15, -0.1) is 22.7 Å². The summed E-state index contributed by atoms with van der Waals surface area (Å²) in [4.78, 5) is 25.3. The number of fused-ring (bicyclic) bond motifs is 3. The van der Waals surface area contributed by atoms with E-state index in [1.165, 1.54) is 27.3 Å². The number of thiazole rings is 1. The van der Waals surface area contributed by atoms with Crippen molar-refractivity contribution in [3.63, 3.8) is 0 Å². The molecule has 1 atom stereocenters. The van der Waals surface area contributed by atoms with Gasteiger partial charge in [0.2, 0.25) is 0 Å². The van der Waals surface area contributed by atoms with Crippen LogP contribution >= 0.6 is 45.9 Å². The first kappa shape index (κ1) is 22.0. The van der Waals surface area contributed by atoms with E-state index >= 15 is 0 Å². The van der Waals surface area contributed by atoms with Gasteiger partial charge < -0.3 is 0 Å². The topological polar surface area (TPSA) is 47.8 Å². The van der Waals surface area contributed by atoms with E-state index in [4.69, 9.17) is 23.2 Å². The van der Waals surface area contributed by atoms with Crippen LogP contribution in [0.1, 0.15) is 33.2 Å². The molecule has 1 aliphatic carbocycles. The van der Waals surface area contributed by atoms with Gasteiger partial charge in [-0.2, -0.15) is 4.98 Å². The molecule has 0 aliphatic heterocycles. The molecule has 6 rings (SSSR count). The van der Waals surface area contributed by atoms with E-state index in [1.54, 1.807) is 22.1 Å². The quantitative estimate of drug-likeness (QED) is 0.250. The van der Waals surface area contributed by atoms with Crippen molar-refractivity contribution >= 4 is 56.1 Å². The van der Waals surface area contributed by atoms with Crippen molar-refractivity contribution in [2.45, 2.75) is 31.7 Å². The average molecular weight is 524 g/mol. The molecule has 2 aromatic carbocycles. The summed E-state index contributed by atoms with van der Waals surface area (Å²) in [6.45, 7) is 0.412. The predicted octanol–water partition coefficient (Wildman–Crippen LogP) is 7.21. The van der Waals surface area contributed by atoms with E-state index in [0.29, 0.717) is 22.0 Å². The second-order valence-corrected chi connectivity index (χ2v) is 11.7. The van der Waals surface area contributed by atoms with Crippen LogP contribution in [0.4, 0.5) is 0 Å². The second-order valence-electron chi connectivity index (χ2n) is 8.45. The molecule has 0 saturated carbocycles. The maximum Gasteiger partial charge on any atom is 0.349 e. The number of nitrogens with zero attached hydrogens (tertiary/aromatic N) is 3. The van der Waals surface area contributed by atoms with Crippen LogP contribution < -0.4 is 5.69 Å². The van der Waals surface area contributed by atoms with Crippen molar-refractivity contribution in [2.24, 2.45) is 0 Å². The molecular weight excluding hydrogens is 505 g/mol. The average Bonchev–Trinajstić information content (AvgIpc) is 3.44. The maximum atomic E-state index is 13.3. The van der Waals surface area contributed by atoms with Crippen molar-refractivity contribution in [3.8, 4) is 11.3 Å². The first-order valence-electron chi connectivity index (χ1n) is 11.0. The minimum absolute atomic E-state index is 0.264. The third-order valence-electron chi connectivity index (χ3n) is 6.39. The Hall–Kier alpha value is -2.51. The Balaban J connectivity index is 1.53. The molecule has 0 bridgehead atoms. The first-order valence-corrected chi connectivity index (χ1v) is 13.4. The Labute approximate surface area is 214 Å². The Morgan fingerprint density at radius 3 is 2.56 bits per heavy atom. The lowest BCUT2D eigenvalue weighted by Gasteiger charge is -2.22. The molecule has 1 aliphatic rings. The monoisotopic (exact) mass is 523 g/mol. The number of hydrogen-bond donors (Lipinski definition) is 0. The van der Waals surface area contributed by atoms with E-state index in [9.17, 15) is 4.79 Å². The lowest BCUT2D eigenvalue weighted by atomic mass is 9.83. The van der Waals surface area contributed by atoms with Gasteiger partial charge in [0.05, 0.1) is 12.2 Å². The molecule has 5 aromatic rings. The van der Waals surface area contributed by atoms with E-state index in [-0.39, 0.29) is 5.69 Å². The zero-order valence-corrected chi connectivity index (χ0v) is 21.1. The Bertz CT molecular complexity index is 1560. The van der Waals surface area contributed by atoms with E-state index in [0.717, 1.165) is 45.6 Å². The van der Waals surface area contributed by atoms with Crippen molar-refractivity contribution in [2.75, 3.05) is 0 Å². The Morgan fingerprint density at radius 2 is 1.82 bits per heavy atom. The third-order valence-corrected chi connectivity index (χ3v) is 9.02. The van der Waals surface area contributed by atoms with Crippen molar-refractivity contribution in [1.82, 2.24) is 14.5 Å². The number of halogens is 2. The zero-order chi connectivity index (χ0) is 23.2. The first-order chi connectivity index (χ1) is 16.6. The zero-order valence-electron chi connectivity index (χ0n) is 18.0. The molecular formula is C26H19Cl2N3OS2. The highest BCUT2D eigenvalue weighted by atomic mass is 35.5. The van der Waals surface area contributed by atoms with Crippen LogP contribution in [0.25, 0.3) is 21.5 Å². The highest BCUT2D eigenvalue weighted by molar-refractivity contribution is 7.19. The van der Waals surface area contributed by atoms with Crippen LogP contribution in [0.2, 0.25) is 9.49 Å². The molecule has 0 radical (unpaired) electrons. The van der Waals surface area contributed by atoms with Gasteiger partial charge in [-0.1, -0.05) is 65.7 Å². The van der Waals surface area contributed by atoms with Crippen LogP contribution in [-0.2, 0) is 19.4 Å². The number of rotatable bonds is 4. The highest BCUT2D eigenvalue weighted by Gasteiger charge is 2.28. The van der Waals surface area contributed by atoms with Crippen LogP contribution in [0.5, 0.6) is 0 Å². The van der Waals surface area contributed by atoms with Gasteiger partial charge in [-0.25, -0.2) is 9.78 Å². The third kappa shape index (κ3) is 3.99. The summed E-state index contributed by atoms with van der Waals surface area (Å²) in [5.74, 6) is 0.481. The van der Waals surface area contributed by atoms with Gasteiger partial charge >= 0.3 is 5.69 Å². The standard InChI is InChI=1S/C26H19Cl2N3OS2/c27-18-9-6-16(7-10-18)23-22-20-11-8-17(15-4-2-1-3-5-15)12-21(20)34-24(22)31(26(32)30-23)14-19-13-29-25(28)33-19/h1-7,9-10,13,17H,8,11-12,14H2. The lowest BCUT2D eigenvalue weighted by Crippen LogP contribution is -2.23. The molecule has 0 spiro atoms. The Morgan fingerprint density at radius 1 is 1.03 bits per heavy atom. The summed E-state index contributed by atoms with van der Waals surface area (Å²) >= 11 is 15.3. The normalized spacial score (nSPS) is 15.5. The molecule has 1 unspecified atom stereocenters. The van der Waals surface area contributed by atoms with Crippen molar-refractivity contribution in [1.29, 1.82) is 0 Å². The van der Waals surface area contributed by atoms with Crippen molar-refractivity contribution < 1.29 is 0 Å². The summed E-state index contributed by atoms with van der Waals surface area (Å²) in [6, 6.07) is 18.3. The lowest BCUT2D eigenvalue weighted by molar-refractivity contribution is 0.595. The smallest absolute Gasteiger partial charge is 0.278 e. The molecule has 0 N–H and O–H groups in total. The summed E-state index contributed by atoms with van der Waals surface area (Å²) < 4.78 is 2.25. The molecule has 8 heteroatoms. The summed E-state index contributed by atoms with van der Waals surface area (Å²) in [7, 11) is 0. The van der Waals surface area contributed by atoms with Gasteiger partial charge in [0.25, 0.3) is 0 Å². The van der Waals surface area contributed by atoms with Crippen LogP contribution in [0, 0.1) is 0 Å². The number of benzene rings is 2. The van der Waals surface area contributed by atoms with Crippen LogP contribution in [0.15, 0.2) is 65.6 Å².